The number of carboxylic acid groups (broad SMARTS) is 1. The van der Waals surface area contributed by atoms with E-state index in [1.165, 1.54) is 4.90 Å². The minimum atomic E-state index is -1.01. The van der Waals surface area contributed by atoms with Crippen LogP contribution in [0.3, 0.4) is 0 Å². The second kappa shape index (κ2) is 8.04. The van der Waals surface area contributed by atoms with Crippen molar-refractivity contribution in [1.29, 1.82) is 0 Å². The van der Waals surface area contributed by atoms with Crippen molar-refractivity contribution >= 4 is 57.3 Å². The predicted molar refractivity (Wildman–Crippen MR) is 120 cm³/mol. The van der Waals surface area contributed by atoms with Gasteiger partial charge in [-0.05, 0) is 18.6 Å². The Morgan fingerprint density at radius 1 is 1.03 bits per heavy atom. The molecule has 1 fully saturated rings. The summed E-state index contributed by atoms with van der Waals surface area (Å²) in [7, 11) is 0. The maximum absolute atomic E-state index is 13.4. The lowest BCUT2D eigenvalue weighted by molar-refractivity contribution is -0.137. The molecule has 152 valence electrons. The quantitative estimate of drug-likeness (QED) is 0.568. The van der Waals surface area contributed by atoms with Crippen LogP contribution in [0.25, 0.3) is 5.57 Å². The number of carboxylic acids is 1. The van der Waals surface area contributed by atoms with E-state index in [-0.39, 0.29) is 28.1 Å². The Hall–Kier alpha value is -2.97. The van der Waals surface area contributed by atoms with Gasteiger partial charge in [-0.1, -0.05) is 72.0 Å². The van der Waals surface area contributed by atoms with Gasteiger partial charge in [0.15, 0.2) is 0 Å². The largest absolute Gasteiger partial charge is 0.481 e. The number of nitrogens with zero attached hydrogens (tertiary/aromatic N) is 2. The van der Waals surface area contributed by atoms with Gasteiger partial charge < -0.3 is 10.0 Å². The number of thiocarbonyl (C=S) groups is 1. The number of carbonyl (C=O) groups is 3. The zero-order valence-electron chi connectivity index (χ0n) is 16.1. The van der Waals surface area contributed by atoms with Crippen molar-refractivity contribution in [1.82, 2.24) is 4.90 Å². The molecule has 0 atom stereocenters. The van der Waals surface area contributed by atoms with Crippen LogP contribution in [-0.2, 0) is 20.9 Å². The Morgan fingerprint density at radius 2 is 1.73 bits per heavy atom. The smallest absolute Gasteiger partial charge is 0.305 e. The molecular formula is C22H18N2O4S2. The lowest BCUT2D eigenvalue weighted by atomic mass is 10.1. The fourth-order valence-electron chi connectivity index (χ4n) is 3.48. The highest BCUT2D eigenvalue weighted by Crippen LogP contribution is 2.45. The van der Waals surface area contributed by atoms with Crippen molar-refractivity contribution in [3.8, 4) is 0 Å². The second-order valence-electron chi connectivity index (χ2n) is 7.07. The van der Waals surface area contributed by atoms with E-state index in [9.17, 15) is 14.4 Å². The summed E-state index contributed by atoms with van der Waals surface area (Å²) in [5.74, 6) is -1.68. The van der Waals surface area contributed by atoms with Gasteiger partial charge in [0.25, 0.3) is 11.8 Å². The number of benzene rings is 2. The molecule has 0 saturated carbocycles. The van der Waals surface area contributed by atoms with Gasteiger partial charge in [-0.15, -0.1) is 0 Å². The standard InChI is InChI=1S/C22H18N2O4S2/c1-13-6-8-14(9-7-13)12-24-16-5-3-2-4-15(16)18(20(24)27)19-21(28)23(22(29)30-19)11-10-17(25)26/h2-9H,10-12H2,1H3,(H,25,26). The van der Waals surface area contributed by atoms with E-state index >= 15 is 0 Å². The third-order valence-electron chi connectivity index (χ3n) is 5.01. The number of para-hydroxylation sites is 1. The third kappa shape index (κ3) is 3.64. The van der Waals surface area contributed by atoms with E-state index in [1.54, 1.807) is 4.90 Å². The first-order valence-corrected chi connectivity index (χ1v) is 10.6. The zero-order valence-corrected chi connectivity index (χ0v) is 17.8. The molecule has 0 aromatic heterocycles. The molecule has 2 aliphatic heterocycles. The van der Waals surface area contributed by atoms with Crippen LogP contribution in [-0.4, -0.2) is 38.7 Å². The zero-order chi connectivity index (χ0) is 21.4. The monoisotopic (exact) mass is 438 g/mol. The van der Waals surface area contributed by atoms with Gasteiger partial charge in [0.2, 0.25) is 0 Å². The molecule has 0 radical (unpaired) electrons. The molecule has 2 heterocycles. The first-order chi connectivity index (χ1) is 14.4. The fraction of sp³-hybridized carbons (Fsp3) is 0.182. The molecule has 0 aliphatic carbocycles. The number of hydrogen-bond donors (Lipinski definition) is 1. The molecule has 0 bridgehead atoms. The summed E-state index contributed by atoms with van der Waals surface area (Å²) in [5, 5.41) is 8.93. The van der Waals surface area contributed by atoms with Crippen LogP contribution in [0, 0.1) is 6.92 Å². The van der Waals surface area contributed by atoms with Crippen LogP contribution in [0.2, 0.25) is 0 Å². The van der Waals surface area contributed by atoms with Gasteiger partial charge in [-0.25, -0.2) is 0 Å². The topological polar surface area (TPSA) is 77.9 Å². The van der Waals surface area contributed by atoms with E-state index in [4.69, 9.17) is 17.3 Å². The summed E-state index contributed by atoms with van der Waals surface area (Å²) < 4.78 is 0.269. The molecule has 6 nitrogen and oxygen atoms in total. The van der Waals surface area contributed by atoms with E-state index in [0.29, 0.717) is 17.7 Å². The fourth-order valence-corrected chi connectivity index (χ4v) is 4.86. The summed E-state index contributed by atoms with van der Waals surface area (Å²) in [6.07, 6.45) is -0.209. The minimum absolute atomic E-state index is 0.0142. The number of amides is 2. The number of hydrogen-bond acceptors (Lipinski definition) is 5. The third-order valence-corrected chi connectivity index (χ3v) is 6.46. The van der Waals surface area contributed by atoms with Crippen LogP contribution >= 0.6 is 24.0 Å². The SMILES string of the molecule is Cc1ccc(CN2C(=O)C(=C3SC(=S)N(CCC(=O)O)C3=O)c3ccccc32)cc1. The summed E-state index contributed by atoms with van der Waals surface area (Å²) in [4.78, 5) is 40.4. The molecule has 0 spiro atoms. The first kappa shape index (κ1) is 20.3. The van der Waals surface area contributed by atoms with Gasteiger partial charge in [-0.3, -0.25) is 19.3 Å². The normalized spacial score (nSPS) is 18.4. The summed E-state index contributed by atoms with van der Waals surface area (Å²) in [6.45, 7) is 2.38. The Bertz CT molecular complexity index is 1110. The average Bonchev–Trinajstić information content (AvgIpc) is 3.15. The average molecular weight is 439 g/mol. The Labute approximate surface area is 183 Å². The molecule has 8 heteroatoms. The maximum atomic E-state index is 13.4. The minimum Gasteiger partial charge on any atom is -0.481 e. The first-order valence-electron chi connectivity index (χ1n) is 9.33. The molecule has 1 saturated heterocycles. The van der Waals surface area contributed by atoms with Gasteiger partial charge in [0.1, 0.15) is 4.32 Å². The van der Waals surface area contributed by atoms with Crippen molar-refractivity contribution in [2.75, 3.05) is 11.4 Å². The highest BCUT2D eigenvalue weighted by molar-refractivity contribution is 8.26. The van der Waals surface area contributed by atoms with Gasteiger partial charge in [0.05, 0.1) is 29.1 Å². The highest BCUT2D eigenvalue weighted by atomic mass is 32.2. The Kier molecular flexibility index (Phi) is 5.44. The van der Waals surface area contributed by atoms with E-state index in [0.717, 1.165) is 28.6 Å². The van der Waals surface area contributed by atoms with Crippen molar-refractivity contribution < 1.29 is 19.5 Å². The van der Waals surface area contributed by atoms with Crippen molar-refractivity contribution in [2.45, 2.75) is 19.9 Å². The summed E-state index contributed by atoms with van der Waals surface area (Å²) in [5.41, 5.74) is 3.88. The van der Waals surface area contributed by atoms with Gasteiger partial charge in [-0.2, -0.15) is 0 Å². The van der Waals surface area contributed by atoms with Crippen LogP contribution in [0.15, 0.2) is 53.4 Å². The molecule has 30 heavy (non-hydrogen) atoms. The van der Waals surface area contributed by atoms with Gasteiger partial charge in [0, 0.05) is 12.1 Å². The summed E-state index contributed by atoms with van der Waals surface area (Å²) >= 11 is 6.34. The van der Waals surface area contributed by atoms with Crippen molar-refractivity contribution in [3.63, 3.8) is 0 Å². The molecule has 2 amide bonds. The number of fused-ring (bicyclic) bond motifs is 1. The van der Waals surface area contributed by atoms with Crippen molar-refractivity contribution in [2.24, 2.45) is 0 Å². The number of anilines is 1. The number of aliphatic carboxylic acids is 1. The van der Waals surface area contributed by atoms with Gasteiger partial charge >= 0.3 is 5.97 Å². The van der Waals surface area contributed by atoms with Crippen LogP contribution in [0.4, 0.5) is 5.69 Å². The molecule has 1 N–H and O–H groups in total. The van der Waals surface area contributed by atoms with Crippen LogP contribution < -0.4 is 4.90 Å². The molecule has 2 aromatic rings. The number of thioether (sulfide) groups is 1. The Morgan fingerprint density at radius 3 is 2.43 bits per heavy atom. The maximum Gasteiger partial charge on any atom is 0.305 e. The number of carbonyl (C=O) groups excluding carboxylic acids is 2. The number of aryl methyl sites for hydroxylation is 1. The lowest BCUT2D eigenvalue weighted by Gasteiger charge is -2.17. The van der Waals surface area contributed by atoms with Crippen molar-refractivity contribution in [3.05, 3.63) is 70.1 Å². The number of rotatable bonds is 5. The van der Waals surface area contributed by atoms with Crippen LogP contribution in [0.1, 0.15) is 23.1 Å². The lowest BCUT2D eigenvalue weighted by Crippen LogP contribution is -2.31. The molecular weight excluding hydrogens is 420 g/mol. The van der Waals surface area contributed by atoms with E-state index in [2.05, 4.69) is 0 Å². The molecule has 0 unspecified atom stereocenters. The summed E-state index contributed by atoms with van der Waals surface area (Å²) in [6, 6.07) is 15.3. The predicted octanol–water partition coefficient (Wildman–Crippen LogP) is 3.59. The van der Waals surface area contributed by atoms with Crippen LogP contribution in [0.5, 0.6) is 0 Å². The van der Waals surface area contributed by atoms with E-state index < -0.39 is 11.9 Å². The molecule has 2 aliphatic rings. The second-order valence-corrected chi connectivity index (χ2v) is 8.71. The Balaban J connectivity index is 1.71. The highest BCUT2D eigenvalue weighted by Gasteiger charge is 2.41. The molecule has 2 aromatic carbocycles. The molecule has 4 rings (SSSR count). The van der Waals surface area contributed by atoms with E-state index in [1.807, 2.05) is 55.5 Å².